The molecule has 0 bridgehead atoms. The fraction of sp³-hybridized carbons (Fsp3) is 0.143. The highest BCUT2D eigenvalue weighted by Crippen LogP contribution is 2.23. The Balaban J connectivity index is 2.04. The number of rotatable bonds is 4. The van der Waals surface area contributed by atoms with Crippen molar-refractivity contribution in [2.75, 3.05) is 0 Å². The molecule has 4 nitrogen and oxygen atoms in total. The van der Waals surface area contributed by atoms with Gasteiger partial charge < -0.3 is 10.2 Å². The van der Waals surface area contributed by atoms with Crippen LogP contribution in [0.4, 0.5) is 0 Å². The third kappa shape index (κ3) is 2.85. The largest absolute Gasteiger partial charge is 0.508 e. The fourth-order valence-corrected chi connectivity index (χ4v) is 1.68. The van der Waals surface area contributed by atoms with Crippen molar-refractivity contribution < 1.29 is 15.0 Å². The number of hydrogen-bond acceptors (Lipinski definition) is 4. The molecule has 0 amide bonds. The molecule has 0 spiro atoms. The lowest BCUT2D eigenvalue weighted by molar-refractivity contribution is 0.0980. The standard InChI is InChI=1S/C14H13NO3/c16-11-5-6-12(14(18)9-11)13(17)7-4-10-3-1-2-8-15-10/h1-3,5-6,8-9,16,18H,4,7H2. The van der Waals surface area contributed by atoms with E-state index in [9.17, 15) is 9.90 Å². The molecule has 0 unspecified atom stereocenters. The quantitative estimate of drug-likeness (QED) is 0.808. The van der Waals surface area contributed by atoms with Crippen LogP contribution < -0.4 is 0 Å². The second-order valence-corrected chi connectivity index (χ2v) is 3.95. The van der Waals surface area contributed by atoms with Gasteiger partial charge in [0.25, 0.3) is 0 Å². The van der Waals surface area contributed by atoms with Gasteiger partial charge in [0.1, 0.15) is 11.5 Å². The second kappa shape index (κ2) is 5.31. The monoisotopic (exact) mass is 243 g/mol. The average Bonchev–Trinajstić information content (AvgIpc) is 2.37. The van der Waals surface area contributed by atoms with Crippen molar-refractivity contribution >= 4 is 5.78 Å². The molecule has 0 atom stereocenters. The summed E-state index contributed by atoms with van der Waals surface area (Å²) in [4.78, 5) is 16.0. The van der Waals surface area contributed by atoms with Gasteiger partial charge in [-0.1, -0.05) is 6.07 Å². The van der Waals surface area contributed by atoms with Crippen molar-refractivity contribution in [1.82, 2.24) is 4.98 Å². The Morgan fingerprint density at radius 1 is 1.17 bits per heavy atom. The lowest BCUT2D eigenvalue weighted by Gasteiger charge is -2.04. The smallest absolute Gasteiger partial charge is 0.166 e. The summed E-state index contributed by atoms with van der Waals surface area (Å²) in [7, 11) is 0. The predicted octanol–water partition coefficient (Wildman–Crippen LogP) is 2.31. The first-order valence-corrected chi connectivity index (χ1v) is 5.62. The molecule has 4 heteroatoms. The second-order valence-electron chi connectivity index (χ2n) is 3.95. The molecule has 2 N–H and O–H groups in total. The molecule has 0 aliphatic carbocycles. The number of carbonyl (C=O) groups excluding carboxylic acids is 1. The number of aromatic hydroxyl groups is 2. The number of aryl methyl sites for hydroxylation is 1. The first-order chi connectivity index (χ1) is 8.66. The van der Waals surface area contributed by atoms with Crippen LogP contribution >= 0.6 is 0 Å². The van der Waals surface area contributed by atoms with E-state index in [4.69, 9.17) is 5.11 Å². The number of pyridine rings is 1. The number of ketones is 1. The Morgan fingerprint density at radius 3 is 2.67 bits per heavy atom. The summed E-state index contributed by atoms with van der Waals surface area (Å²) in [6.07, 6.45) is 2.48. The summed E-state index contributed by atoms with van der Waals surface area (Å²) in [5, 5.41) is 18.7. The van der Waals surface area contributed by atoms with Gasteiger partial charge in [-0.05, 0) is 30.7 Å². The van der Waals surface area contributed by atoms with Crippen LogP contribution in [0.25, 0.3) is 0 Å². The van der Waals surface area contributed by atoms with Crippen molar-refractivity contribution in [2.24, 2.45) is 0 Å². The molecule has 0 fully saturated rings. The van der Waals surface area contributed by atoms with Gasteiger partial charge in [-0.25, -0.2) is 0 Å². The molecule has 1 aromatic heterocycles. The predicted molar refractivity (Wildman–Crippen MR) is 66.7 cm³/mol. The fourth-order valence-electron chi connectivity index (χ4n) is 1.68. The molecule has 1 aromatic carbocycles. The van der Waals surface area contributed by atoms with Crippen molar-refractivity contribution in [3.63, 3.8) is 0 Å². The summed E-state index contributed by atoms with van der Waals surface area (Å²) in [6.45, 7) is 0. The zero-order valence-corrected chi connectivity index (χ0v) is 9.71. The Morgan fingerprint density at radius 2 is 2.00 bits per heavy atom. The van der Waals surface area contributed by atoms with Gasteiger partial charge in [-0.3, -0.25) is 9.78 Å². The van der Waals surface area contributed by atoms with Crippen LogP contribution in [0.2, 0.25) is 0 Å². The molecule has 2 aromatic rings. The average molecular weight is 243 g/mol. The molecule has 18 heavy (non-hydrogen) atoms. The minimum Gasteiger partial charge on any atom is -0.508 e. The Labute approximate surface area is 105 Å². The van der Waals surface area contributed by atoms with Crippen molar-refractivity contribution in [3.05, 3.63) is 53.9 Å². The van der Waals surface area contributed by atoms with Gasteiger partial charge in [-0.15, -0.1) is 0 Å². The van der Waals surface area contributed by atoms with E-state index in [1.165, 1.54) is 12.1 Å². The highest BCUT2D eigenvalue weighted by molar-refractivity contribution is 5.98. The van der Waals surface area contributed by atoms with Crippen LogP contribution in [0.3, 0.4) is 0 Å². The Kier molecular flexibility index (Phi) is 3.57. The van der Waals surface area contributed by atoms with Crippen LogP contribution in [-0.4, -0.2) is 21.0 Å². The van der Waals surface area contributed by atoms with Gasteiger partial charge >= 0.3 is 0 Å². The molecule has 1 heterocycles. The maximum atomic E-state index is 11.9. The number of carbonyl (C=O) groups is 1. The van der Waals surface area contributed by atoms with Gasteiger partial charge in [0.2, 0.25) is 0 Å². The number of phenols is 2. The molecule has 0 aliphatic heterocycles. The van der Waals surface area contributed by atoms with Crippen molar-refractivity contribution in [1.29, 1.82) is 0 Å². The molecule has 0 saturated heterocycles. The van der Waals surface area contributed by atoms with Gasteiger partial charge in [-0.2, -0.15) is 0 Å². The molecular weight excluding hydrogens is 230 g/mol. The molecule has 92 valence electrons. The molecule has 0 saturated carbocycles. The topological polar surface area (TPSA) is 70.4 Å². The van der Waals surface area contributed by atoms with E-state index in [1.807, 2.05) is 18.2 Å². The van der Waals surface area contributed by atoms with Crippen LogP contribution in [0.1, 0.15) is 22.5 Å². The maximum Gasteiger partial charge on any atom is 0.166 e. The van der Waals surface area contributed by atoms with Crippen LogP contribution in [0.15, 0.2) is 42.6 Å². The highest BCUT2D eigenvalue weighted by atomic mass is 16.3. The molecular formula is C14H13NO3. The minimum absolute atomic E-state index is 0.0613. The van der Waals surface area contributed by atoms with E-state index < -0.39 is 0 Å². The van der Waals surface area contributed by atoms with Gasteiger partial charge in [0.05, 0.1) is 5.56 Å². The summed E-state index contributed by atoms with van der Waals surface area (Å²) in [6, 6.07) is 9.50. The Bertz CT molecular complexity index is 552. The molecule has 0 radical (unpaired) electrons. The van der Waals surface area contributed by atoms with Crippen molar-refractivity contribution in [2.45, 2.75) is 12.8 Å². The third-order valence-electron chi connectivity index (χ3n) is 2.62. The number of nitrogens with zero attached hydrogens (tertiary/aromatic N) is 1. The lowest BCUT2D eigenvalue weighted by Crippen LogP contribution is -2.02. The summed E-state index contributed by atoms with van der Waals surface area (Å²) < 4.78 is 0. The third-order valence-corrected chi connectivity index (χ3v) is 2.62. The molecule has 0 aliphatic rings. The molecule has 2 rings (SSSR count). The number of benzene rings is 1. The van der Waals surface area contributed by atoms with E-state index in [0.717, 1.165) is 11.8 Å². The van der Waals surface area contributed by atoms with Gasteiger partial charge in [0, 0.05) is 24.4 Å². The van der Waals surface area contributed by atoms with E-state index >= 15 is 0 Å². The summed E-state index contributed by atoms with van der Waals surface area (Å²) in [5.74, 6) is -0.423. The van der Waals surface area contributed by atoms with E-state index in [2.05, 4.69) is 4.98 Å². The summed E-state index contributed by atoms with van der Waals surface area (Å²) in [5.41, 5.74) is 1.06. The van der Waals surface area contributed by atoms with Crippen LogP contribution in [-0.2, 0) is 6.42 Å². The zero-order chi connectivity index (χ0) is 13.0. The minimum atomic E-state index is -0.193. The van der Waals surface area contributed by atoms with Crippen LogP contribution in [0, 0.1) is 0 Å². The number of Topliss-reactive ketones (excluding diaryl/α,β-unsaturated/α-hetero) is 1. The number of phenolic OH excluding ortho intramolecular Hbond substituents is 2. The highest BCUT2D eigenvalue weighted by Gasteiger charge is 2.11. The lowest BCUT2D eigenvalue weighted by atomic mass is 10.0. The number of hydrogen-bond donors (Lipinski definition) is 2. The first-order valence-electron chi connectivity index (χ1n) is 5.62. The Hall–Kier alpha value is -2.36. The SMILES string of the molecule is O=C(CCc1ccccn1)c1ccc(O)cc1O. The maximum absolute atomic E-state index is 11.9. The van der Waals surface area contributed by atoms with E-state index in [0.29, 0.717) is 6.42 Å². The summed E-state index contributed by atoms with van der Waals surface area (Å²) >= 11 is 0. The van der Waals surface area contributed by atoms with E-state index in [1.54, 1.807) is 6.20 Å². The normalized spacial score (nSPS) is 10.2. The van der Waals surface area contributed by atoms with Crippen LogP contribution in [0.5, 0.6) is 11.5 Å². The number of aromatic nitrogens is 1. The van der Waals surface area contributed by atoms with Gasteiger partial charge in [0.15, 0.2) is 5.78 Å². The van der Waals surface area contributed by atoms with E-state index in [-0.39, 0.29) is 29.3 Å². The zero-order valence-electron chi connectivity index (χ0n) is 9.71. The van der Waals surface area contributed by atoms with Crippen molar-refractivity contribution in [3.8, 4) is 11.5 Å². The first kappa shape index (κ1) is 12.1.